The van der Waals surface area contributed by atoms with E-state index in [0.717, 1.165) is 47.5 Å². The number of nitrogens with one attached hydrogen (secondary N) is 1. The highest BCUT2D eigenvalue weighted by molar-refractivity contribution is 7.18. The number of para-hydroxylation sites is 1. The molecule has 1 aromatic carbocycles. The Kier molecular flexibility index (Phi) is 6.69. The van der Waals surface area contributed by atoms with Gasteiger partial charge >= 0.3 is 0 Å². The van der Waals surface area contributed by atoms with Crippen molar-refractivity contribution in [2.45, 2.75) is 33.6 Å². The van der Waals surface area contributed by atoms with Crippen LogP contribution in [0.1, 0.15) is 28.8 Å². The molecule has 3 aromatic rings. The van der Waals surface area contributed by atoms with Crippen LogP contribution in [-0.2, 0) is 9.59 Å². The van der Waals surface area contributed by atoms with Gasteiger partial charge < -0.3 is 15.0 Å². The zero-order chi connectivity index (χ0) is 22.7. The molecule has 32 heavy (non-hydrogen) atoms. The molecule has 7 nitrogen and oxygen atoms in total. The lowest BCUT2D eigenvalue weighted by atomic mass is 9.92. The molecule has 1 amide bonds. The molecule has 8 heteroatoms. The lowest BCUT2D eigenvalue weighted by molar-refractivity contribution is -0.128. The van der Waals surface area contributed by atoms with Gasteiger partial charge in [-0.05, 0) is 50.8 Å². The van der Waals surface area contributed by atoms with E-state index in [1.807, 2.05) is 31.2 Å². The van der Waals surface area contributed by atoms with Gasteiger partial charge in [0.15, 0.2) is 12.4 Å². The van der Waals surface area contributed by atoms with Crippen molar-refractivity contribution in [3.8, 4) is 5.75 Å². The first-order valence-electron chi connectivity index (χ1n) is 10.9. The second-order valence-corrected chi connectivity index (χ2v) is 9.42. The number of rotatable bonds is 7. The average molecular weight is 453 g/mol. The van der Waals surface area contributed by atoms with E-state index in [4.69, 9.17) is 4.74 Å². The fourth-order valence-corrected chi connectivity index (χ4v) is 5.05. The SMILES string of the molecule is Cc1ccccc1OCC(=O)NCC(=O)C1CCN(c2ncnc3sc(C)c(C)c23)CC1. The highest BCUT2D eigenvalue weighted by Crippen LogP contribution is 2.35. The third kappa shape index (κ3) is 4.75. The molecule has 0 bridgehead atoms. The van der Waals surface area contributed by atoms with Gasteiger partial charge in [0.1, 0.15) is 22.7 Å². The molecule has 0 atom stereocenters. The number of ketones is 1. The van der Waals surface area contributed by atoms with E-state index in [-0.39, 0.29) is 30.8 Å². The average Bonchev–Trinajstić information content (AvgIpc) is 3.10. The zero-order valence-corrected chi connectivity index (χ0v) is 19.5. The molecule has 3 heterocycles. The first-order chi connectivity index (χ1) is 15.4. The molecule has 1 fully saturated rings. The number of aromatic nitrogens is 2. The van der Waals surface area contributed by atoms with E-state index in [0.29, 0.717) is 5.75 Å². The molecule has 2 aromatic heterocycles. The van der Waals surface area contributed by atoms with E-state index in [9.17, 15) is 9.59 Å². The number of hydrogen-bond donors (Lipinski definition) is 1. The Morgan fingerprint density at radius 3 is 2.66 bits per heavy atom. The normalized spacial score (nSPS) is 14.5. The summed E-state index contributed by atoms with van der Waals surface area (Å²) in [4.78, 5) is 38.2. The van der Waals surface area contributed by atoms with Crippen LogP contribution in [0.2, 0.25) is 0 Å². The molecule has 168 valence electrons. The van der Waals surface area contributed by atoms with Gasteiger partial charge in [-0.2, -0.15) is 0 Å². The Hall–Kier alpha value is -3.00. The maximum absolute atomic E-state index is 12.6. The summed E-state index contributed by atoms with van der Waals surface area (Å²) in [5, 5.41) is 3.83. The second-order valence-electron chi connectivity index (χ2n) is 8.22. The fraction of sp³-hybridized carbons (Fsp3) is 0.417. The summed E-state index contributed by atoms with van der Waals surface area (Å²) in [6.07, 6.45) is 3.13. The highest BCUT2D eigenvalue weighted by atomic mass is 32.1. The molecule has 0 aliphatic carbocycles. The largest absolute Gasteiger partial charge is 0.484 e. The topological polar surface area (TPSA) is 84.4 Å². The van der Waals surface area contributed by atoms with Crippen molar-refractivity contribution in [1.29, 1.82) is 0 Å². The van der Waals surface area contributed by atoms with Crippen LogP contribution in [0.3, 0.4) is 0 Å². The van der Waals surface area contributed by atoms with E-state index in [1.54, 1.807) is 17.7 Å². The standard InChI is InChI=1S/C24H28N4O3S/c1-15-6-4-5-7-20(15)31-13-21(30)25-12-19(29)18-8-10-28(11-9-18)23-22-16(2)17(3)32-24(22)27-14-26-23/h4-7,14,18H,8-13H2,1-3H3,(H,25,30). The van der Waals surface area contributed by atoms with E-state index >= 15 is 0 Å². The maximum atomic E-state index is 12.6. The lowest BCUT2D eigenvalue weighted by Crippen LogP contribution is -2.41. The van der Waals surface area contributed by atoms with Crippen LogP contribution in [0.5, 0.6) is 5.75 Å². The number of benzene rings is 1. The van der Waals surface area contributed by atoms with Gasteiger partial charge in [0.25, 0.3) is 5.91 Å². The van der Waals surface area contributed by atoms with Gasteiger partial charge in [-0.1, -0.05) is 18.2 Å². The summed E-state index contributed by atoms with van der Waals surface area (Å²) in [6, 6.07) is 7.54. The van der Waals surface area contributed by atoms with Crippen molar-refractivity contribution in [2.75, 3.05) is 31.1 Å². The number of nitrogens with zero attached hydrogens (tertiary/aromatic N) is 3. The van der Waals surface area contributed by atoms with Crippen molar-refractivity contribution in [1.82, 2.24) is 15.3 Å². The third-order valence-corrected chi connectivity index (χ3v) is 7.22. The number of ether oxygens (including phenoxy) is 1. The number of anilines is 1. The predicted molar refractivity (Wildman–Crippen MR) is 127 cm³/mol. The van der Waals surface area contributed by atoms with Crippen LogP contribution >= 0.6 is 11.3 Å². The van der Waals surface area contributed by atoms with Crippen molar-refractivity contribution < 1.29 is 14.3 Å². The highest BCUT2D eigenvalue weighted by Gasteiger charge is 2.27. The summed E-state index contributed by atoms with van der Waals surface area (Å²) in [6.45, 7) is 7.62. The number of carbonyl (C=O) groups is 2. The van der Waals surface area contributed by atoms with Crippen LogP contribution < -0.4 is 15.0 Å². The molecular formula is C24H28N4O3S. The van der Waals surface area contributed by atoms with Gasteiger partial charge in [-0.15, -0.1) is 11.3 Å². The summed E-state index contributed by atoms with van der Waals surface area (Å²) in [5.74, 6) is 1.38. The van der Waals surface area contributed by atoms with Gasteiger partial charge in [0.05, 0.1) is 11.9 Å². The monoisotopic (exact) mass is 452 g/mol. The first-order valence-corrected chi connectivity index (χ1v) is 11.7. The van der Waals surface area contributed by atoms with Crippen LogP contribution in [0, 0.1) is 26.7 Å². The Bertz CT molecular complexity index is 1140. The van der Waals surface area contributed by atoms with E-state index < -0.39 is 0 Å². The zero-order valence-electron chi connectivity index (χ0n) is 18.7. The van der Waals surface area contributed by atoms with Crippen molar-refractivity contribution in [3.05, 3.63) is 46.6 Å². The molecule has 0 unspecified atom stereocenters. The molecule has 0 radical (unpaired) electrons. The molecule has 1 N–H and O–H groups in total. The minimum Gasteiger partial charge on any atom is -0.484 e. The van der Waals surface area contributed by atoms with Crippen LogP contribution in [0.25, 0.3) is 10.2 Å². The predicted octanol–water partition coefficient (Wildman–Crippen LogP) is 3.60. The Labute approximate surface area is 191 Å². The van der Waals surface area contributed by atoms with E-state index in [1.165, 1.54) is 10.4 Å². The molecular weight excluding hydrogens is 424 g/mol. The summed E-state index contributed by atoms with van der Waals surface area (Å²) in [7, 11) is 0. The number of amides is 1. The van der Waals surface area contributed by atoms with Crippen molar-refractivity contribution in [3.63, 3.8) is 0 Å². The number of hydrogen-bond acceptors (Lipinski definition) is 7. The molecule has 0 spiro atoms. The Balaban J connectivity index is 1.27. The molecule has 1 aliphatic rings. The summed E-state index contributed by atoms with van der Waals surface area (Å²) in [5.41, 5.74) is 2.20. The molecule has 4 rings (SSSR count). The van der Waals surface area contributed by atoms with Crippen molar-refractivity contribution >= 4 is 39.1 Å². The fourth-order valence-electron chi connectivity index (χ4n) is 4.06. The lowest BCUT2D eigenvalue weighted by Gasteiger charge is -2.32. The molecule has 1 saturated heterocycles. The number of piperidine rings is 1. The van der Waals surface area contributed by atoms with Gasteiger partial charge in [-0.25, -0.2) is 9.97 Å². The second kappa shape index (κ2) is 9.65. The van der Waals surface area contributed by atoms with Crippen LogP contribution in [-0.4, -0.2) is 47.9 Å². The van der Waals surface area contributed by atoms with Gasteiger partial charge in [0, 0.05) is 23.9 Å². The van der Waals surface area contributed by atoms with Crippen LogP contribution in [0.15, 0.2) is 30.6 Å². The first kappa shape index (κ1) is 22.2. The van der Waals surface area contributed by atoms with E-state index in [2.05, 4.69) is 34.0 Å². The minimum absolute atomic E-state index is 0.0429. The Morgan fingerprint density at radius 1 is 1.16 bits per heavy atom. The molecule has 0 saturated carbocycles. The summed E-state index contributed by atoms with van der Waals surface area (Å²) >= 11 is 1.69. The number of fused-ring (bicyclic) bond motifs is 1. The van der Waals surface area contributed by atoms with Crippen molar-refractivity contribution in [2.24, 2.45) is 5.92 Å². The smallest absolute Gasteiger partial charge is 0.258 e. The summed E-state index contributed by atoms with van der Waals surface area (Å²) < 4.78 is 5.54. The number of thiophene rings is 1. The maximum Gasteiger partial charge on any atom is 0.258 e. The van der Waals surface area contributed by atoms with Gasteiger partial charge in [-0.3, -0.25) is 9.59 Å². The molecule has 1 aliphatic heterocycles. The Morgan fingerprint density at radius 2 is 1.91 bits per heavy atom. The third-order valence-electron chi connectivity index (χ3n) is 6.11. The number of aryl methyl sites for hydroxylation is 3. The number of Topliss-reactive ketones (excluding diaryl/α,β-unsaturated/α-hetero) is 1. The quantitative estimate of drug-likeness (QED) is 0.590. The van der Waals surface area contributed by atoms with Crippen LogP contribution in [0.4, 0.5) is 5.82 Å². The van der Waals surface area contributed by atoms with Gasteiger partial charge in [0.2, 0.25) is 0 Å². The minimum atomic E-state index is -0.286. The number of carbonyl (C=O) groups excluding carboxylic acids is 2.